The van der Waals surface area contributed by atoms with Crippen LogP contribution in [0.25, 0.3) is 11.3 Å². The Hall–Kier alpha value is -3.32. The molecule has 0 spiro atoms. The molecule has 7 heteroatoms. The van der Waals surface area contributed by atoms with Crippen LogP contribution in [-0.4, -0.2) is 22.6 Å². The first-order valence-corrected chi connectivity index (χ1v) is 10.9. The van der Waals surface area contributed by atoms with Crippen LogP contribution in [0.3, 0.4) is 0 Å². The Kier molecular flexibility index (Phi) is 6.29. The third kappa shape index (κ3) is 4.99. The quantitative estimate of drug-likeness (QED) is 0.285. The summed E-state index contributed by atoms with van der Waals surface area (Å²) < 4.78 is 4.25. The second-order valence-corrected chi connectivity index (χ2v) is 7.83. The van der Waals surface area contributed by atoms with E-state index in [1.54, 1.807) is 0 Å². The Morgan fingerprint density at radius 1 is 1.07 bits per heavy atom. The highest BCUT2D eigenvalue weighted by Gasteiger charge is 2.08. The molecule has 0 bridgehead atoms. The highest BCUT2D eigenvalue weighted by molar-refractivity contribution is 7.13. The van der Waals surface area contributed by atoms with Crippen molar-refractivity contribution in [1.29, 1.82) is 0 Å². The SMILES string of the molecule is CCN(CCn1cc[n+](C)c1)c1ccc(N=Nc2nc(-c3ccccc3)cs2)cc1. The van der Waals surface area contributed by atoms with E-state index in [2.05, 4.69) is 67.0 Å². The van der Waals surface area contributed by atoms with Gasteiger partial charge in [-0.05, 0) is 31.2 Å². The van der Waals surface area contributed by atoms with Crippen molar-refractivity contribution in [1.82, 2.24) is 9.55 Å². The maximum atomic E-state index is 4.56. The summed E-state index contributed by atoms with van der Waals surface area (Å²) in [6.45, 7) is 5.03. The Bertz CT molecular complexity index is 1100. The molecule has 6 nitrogen and oxygen atoms in total. The first kappa shape index (κ1) is 20.0. The normalized spacial score (nSPS) is 11.3. The molecule has 0 aliphatic carbocycles. The third-order valence-electron chi connectivity index (χ3n) is 4.86. The number of rotatable bonds is 8. The van der Waals surface area contributed by atoms with Gasteiger partial charge in [-0.2, -0.15) is 0 Å². The molecule has 0 aliphatic heterocycles. The number of aromatic nitrogens is 3. The maximum absolute atomic E-state index is 4.56. The molecule has 4 aromatic rings. The highest BCUT2D eigenvalue weighted by Crippen LogP contribution is 2.28. The Morgan fingerprint density at radius 3 is 2.57 bits per heavy atom. The van der Waals surface area contributed by atoms with E-state index < -0.39 is 0 Å². The average molecular weight is 418 g/mol. The molecule has 0 amide bonds. The zero-order valence-electron chi connectivity index (χ0n) is 17.2. The topological polar surface area (TPSA) is 49.7 Å². The lowest BCUT2D eigenvalue weighted by molar-refractivity contribution is -0.671. The molecule has 2 heterocycles. The molecule has 0 N–H and O–H groups in total. The number of azo groups is 1. The van der Waals surface area contributed by atoms with Crippen LogP contribution in [0.1, 0.15) is 6.92 Å². The number of anilines is 1. The molecule has 0 unspecified atom stereocenters. The van der Waals surface area contributed by atoms with E-state index in [0.29, 0.717) is 5.13 Å². The van der Waals surface area contributed by atoms with Gasteiger partial charge in [0.2, 0.25) is 11.5 Å². The zero-order chi connectivity index (χ0) is 20.8. The number of hydrogen-bond donors (Lipinski definition) is 0. The Morgan fingerprint density at radius 2 is 1.87 bits per heavy atom. The van der Waals surface area contributed by atoms with Gasteiger partial charge >= 0.3 is 0 Å². The number of aryl methyl sites for hydroxylation is 1. The predicted molar refractivity (Wildman–Crippen MR) is 122 cm³/mol. The molecular weight excluding hydrogens is 392 g/mol. The van der Waals surface area contributed by atoms with E-state index in [9.17, 15) is 0 Å². The second kappa shape index (κ2) is 9.45. The van der Waals surface area contributed by atoms with E-state index in [4.69, 9.17) is 0 Å². The van der Waals surface area contributed by atoms with E-state index in [-0.39, 0.29) is 0 Å². The maximum Gasteiger partial charge on any atom is 0.243 e. The summed E-state index contributed by atoms with van der Waals surface area (Å²) in [5.41, 5.74) is 4.03. The molecule has 0 atom stereocenters. The number of benzene rings is 2. The summed E-state index contributed by atoms with van der Waals surface area (Å²) in [6.07, 6.45) is 6.25. The van der Waals surface area contributed by atoms with Crippen LogP contribution in [-0.2, 0) is 13.6 Å². The third-order valence-corrected chi connectivity index (χ3v) is 5.59. The molecule has 0 saturated carbocycles. The van der Waals surface area contributed by atoms with Crippen molar-refractivity contribution in [2.24, 2.45) is 17.3 Å². The van der Waals surface area contributed by atoms with Crippen molar-refractivity contribution >= 4 is 27.8 Å². The van der Waals surface area contributed by atoms with Gasteiger partial charge in [0.25, 0.3) is 0 Å². The van der Waals surface area contributed by atoms with Gasteiger partial charge in [0.15, 0.2) is 0 Å². The zero-order valence-corrected chi connectivity index (χ0v) is 18.0. The van der Waals surface area contributed by atoms with Gasteiger partial charge in [-0.1, -0.05) is 30.3 Å². The minimum atomic E-state index is 0.660. The lowest BCUT2D eigenvalue weighted by Gasteiger charge is -2.22. The highest BCUT2D eigenvalue weighted by atomic mass is 32.1. The van der Waals surface area contributed by atoms with Gasteiger partial charge in [0.1, 0.15) is 18.9 Å². The van der Waals surface area contributed by atoms with Crippen molar-refractivity contribution in [3.63, 3.8) is 0 Å². The number of hydrogen-bond acceptors (Lipinski definition) is 5. The van der Waals surface area contributed by atoms with Gasteiger partial charge in [-0.15, -0.1) is 21.6 Å². The first-order valence-electron chi connectivity index (χ1n) is 10.00. The average Bonchev–Trinajstić information content (AvgIpc) is 3.43. The minimum Gasteiger partial charge on any atom is -0.368 e. The van der Waals surface area contributed by atoms with Gasteiger partial charge in [-0.25, -0.2) is 14.1 Å². The smallest absolute Gasteiger partial charge is 0.243 e. The van der Waals surface area contributed by atoms with Crippen LogP contribution < -0.4 is 9.47 Å². The van der Waals surface area contributed by atoms with Crippen molar-refractivity contribution in [3.05, 3.63) is 78.7 Å². The summed E-state index contributed by atoms with van der Waals surface area (Å²) in [5.74, 6) is 0. The summed E-state index contributed by atoms with van der Waals surface area (Å²) in [4.78, 5) is 6.91. The number of nitrogens with zero attached hydrogens (tertiary/aromatic N) is 6. The van der Waals surface area contributed by atoms with Gasteiger partial charge < -0.3 is 4.90 Å². The van der Waals surface area contributed by atoms with Crippen molar-refractivity contribution in [2.75, 3.05) is 18.0 Å². The molecule has 0 saturated heterocycles. The van der Waals surface area contributed by atoms with Crippen LogP contribution in [0, 0.1) is 0 Å². The number of thiazole rings is 1. The van der Waals surface area contributed by atoms with Gasteiger partial charge in [0, 0.05) is 23.2 Å². The van der Waals surface area contributed by atoms with Gasteiger partial charge in [-0.3, -0.25) is 0 Å². The van der Waals surface area contributed by atoms with Gasteiger partial charge in [0.05, 0.1) is 25.0 Å². The fourth-order valence-corrected chi connectivity index (χ4v) is 3.87. The van der Waals surface area contributed by atoms with Crippen LogP contribution >= 0.6 is 11.3 Å². The molecule has 152 valence electrons. The molecule has 4 rings (SSSR count). The predicted octanol–water partition coefficient (Wildman–Crippen LogP) is 5.38. The number of imidazole rings is 1. The number of likely N-dealkylation sites (N-methyl/N-ethyl adjacent to an activating group) is 1. The fraction of sp³-hybridized carbons (Fsp3) is 0.217. The van der Waals surface area contributed by atoms with Crippen LogP contribution in [0.15, 0.2) is 88.9 Å². The lowest BCUT2D eigenvalue weighted by atomic mass is 10.2. The van der Waals surface area contributed by atoms with Crippen molar-refractivity contribution < 1.29 is 4.57 Å². The van der Waals surface area contributed by atoms with Crippen LogP contribution in [0.4, 0.5) is 16.5 Å². The molecule has 0 aliphatic rings. The molecule has 30 heavy (non-hydrogen) atoms. The summed E-state index contributed by atoms with van der Waals surface area (Å²) >= 11 is 1.50. The second-order valence-electron chi connectivity index (χ2n) is 6.99. The molecule has 2 aromatic heterocycles. The Balaban J connectivity index is 1.38. The largest absolute Gasteiger partial charge is 0.368 e. The fourth-order valence-electron chi connectivity index (χ4n) is 3.22. The lowest BCUT2D eigenvalue weighted by Crippen LogP contribution is -2.28. The van der Waals surface area contributed by atoms with E-state index in [1.165, 1.54) is 17.0 Å². The molecular formula is C23H25N6S+. The van der Waals surface area contributed by atoms with Crippen LogP contribution in [0.2, 0.25) is 0 Å². The summed E-state index contributed by atoms with van der Waals surface area (Å²) in [7, 11) is 2.04. The first-order chi connectivity index (χ1) is 14.7. The van der Waals surface area contributed by atoms with Crippen molar-refractivity contribution in [2.45, 2.75) is 13.5 Å². The molecule has 2 aromatic carbocycles. The molecule has 0 fully saturated rings. The monoisotopic (exact) mass is 417 g/mol. The standard InChI is InChI=1S/C23H25N6S/c1-3-29(16-15-28-14-13-27(2)18-28)21-11-9-20(10-12-21)25-26-23-24-22(17-30-23)19-7-5-4-6-8-19/h4-14,17-18H,3,15-16H2,1-2H3/q+1. The van der Waals surface area contributed by atoms with Crippen LogP contribution in [0.5, 0.6) is 0 Å². The Labute approximate surface area is 180 Å². The minimum absolute atomic E-state index is 0.660. The van der Waals surface area contributed by atoms with E-state index >= 15 is 0 Å². The molecule has 0 radical (unpaired) electrons. The van der Waals surface area contributed by atoms with E-state index in [0.717, 1.165) is 36.6 Å². The summed E-state index contributed by atoms with van der Waals surface area (Å²) in [5, 5.41) is 11.3. The summed E-state index contributed by atoms with van der Waals surface area (Å²) in [6, 6.07) is 18.3. The van der Waals surface area contributed by atoms with Crippen molar-refractivity contribution in [3.8, 4) is 11.3 Å². The van der Waals surface area contributed by atoms with E-state index in [1.807, 2.05) is 54.9 Å².